The van der Waals surface area contributed by atoms with Gasteiger partial charge in [-0.05, 0) is 12.1 Å². The topological polar surface area (TPSA) is 70.0 Å². The van der Waals surface area contributed by atoms with Gasteiger partial charge < -0.3 is 19.8 Å². The predicted molar refractivity (Wildman–Crippen MR) is 58.2 cm³/mol. The molecule has 0 aliphatic rings. The van der Waals surface area contributed by atoms with Crippen molar-refractivity contribution in [2.24, 2.45) is 0 Å². The maximum absolute atomic E-state index is 11.6. The fraction of sp³-hybridized carbons (Fsp3) is 0.364. The maximum Gasteiger partial charge on any atom is 0.415 e. The van der Waals surface area contributed by atoms with Gasteiger partial charge in [0.25, 0.3) is 0 Å². The zero-order valence-electron chi connectivity index (χ0n) is 8.87. The smallest absolute Gasteiger partial charge is 0.410 e. The number of rotatable bonds is 5. The predicted octanol–water partition coefficient (Wildman–Crippen LogP) is 0.472. The van der Waals surface area contributed by atoms with Crippen molar-refractivity contribution in [2.45, 2.75) is 0 Å². The van der Waals surface area contributed by atoms with Crippen LogP contribution in [0, 0.1) is 0 Å². The number of aliphatic hydroxyl groups is 2. The normalized spacial score (nSPS) is 9.88. The summed E-state index contributed by atoms with van der Waals surface area (Å²) in [4.78, 5) is 12.8. The van der Waals surface area contributed by atoms with Gasteiger partial charge in [-0.15, -0.1) is 0 Å². The van der Waals surface area contributed by atoms with Gasteiger partial charge in [-0.25, -0.2) is 4.79 Å². The summed E-state index contributed by atoms with van der Waals surface area (Å²) in [6.07, 6.45) is -0.575. The molecule has 2 N–H and O–H groups in total. The van der Waals surface area contributed by atoms with Gasteiger partial charge in [-0.3, -0.25) is 0 Å². The van der Waals surface area contributed by atoms with E-state index in [1.165, 1.54) is 4.90 Å². The summed E-state index contributed by atoms with van der Waals surface area (Å²) in [5, 5.41) is 17.5. The fourth-order valence-corrected chi connectivity index (χ4v) is 1.19. The number of hydrogen-bond donors (Lipinski definition) is 2. The Balaban J connectivity index is 2.55. The summed E-state index contributed by atoms with van der Waals surface area (Å²) < 4.78 is 5.05. The average molecular weight is 225 g/mol. The van der Waals surface area contributed by atoms with E-state index in [4.69, 9.17) is 14.9 Å². The maximum atomic E-state index is 11.6. The van der Waals surface area contributed by atoms with Crippen molar-refractivity contribution in [3.63, 3.8) is 0 Å². The molecule has 5 heteroatoms. The molecule has 88 valence electrons. The standard InChI is InChI=1S/C11H15NO4/c13-8-6-12(7-9-14)11(15)16-10-4-2-1-3-5-10/h1-5,13-14H,6-9H2. The van der Waals surface area contributed by atoms with Crippen LogP contribution in [0.4, 0.5) is 4.79 Å². The van der Waals surface area contributed by atoms with Crippen molar-refractivity contribution in [1.82, 2.24) is 4.90 Å². The molecule has 0 atom stereocenters. The zero-order valence-corrected chi connectivity index (χ0v) is 8.87. The summed E-state index contributed by atoms with van der Waals surface area (Å²) >= 11 is 0. The Kier molecular flexibility index (Phi) is 5.31. The minimum absolute atomic E-state index is 0.145. The number of carbonyl (C=O) groups excluding carboxylic acids is 1. The molecule has 16 heavy (non-hydrogen) atoms. The molecule has 5 nitrogen and oxygen atoms in total. The molecule has 1 aromatic rings. The summed E-state index contributed by atoms with van der Waals surface area (Å²) in [6, 6.07) is 8.65. The van der Waals surface area contributed by atoms with Crippen molar-refractivity contribution >= 4 is 6.09 Å². The highest BCUT2D eigenvalue weighted by Gasteiger charge is 2.14. The molecule has 0 saturated carbocycles. The molecule has 0 heterocycles. The Morgan fingerprint density at radius 1 is 1.12 bits per heavy atom. The molecule has 0 aliphatic carbocycles. The second kappa shape index (κ2) is 6.81. The van der Waals surface area contributed by atoms with Crippen LogP contribution in [0.5, 0.6) is 5.75 Å². The fourth-order valence-electron chi connectivity index (χ4n) is 1.19. The van der Waals surface area contributed by atoms with Gasteiger partial charge in [0.15, 0.2) is 0 Å². The third-order valence-corrected chi connectivity index (χ3v) is 1.95. The van der Waals surface area contributed by atoms with Crippen molar-refractivity contribution in [3.05, 3.63) is 30.3 Å². The summed E-state index contributed by atoms with van der Waals surface area (Å²) in [6.45, 7) is -0.0355. The van der Waals surface area contributed by atoms with E-state index in [0.29, 0.717) is 5.75 Å². The zero-order chi connectivity index (χ0) is 11.8. The lowest BCUT2D eigenvalue weighted by atomic mass is 10.3. The van der Waals surface area contributed by atoms with Crippen molar-refractivity contribution in [3.8, 4) is 5.75 Å². The highest BCUT2D eigenvalue weighted by Crippen LogP contribution is 2.09. The summed E-state index contributed by atoms with van der Waals surface area (Å²) in [5.41, 5.74) is 0. The Labute approximate surface area is 93.9 Å². The van der Waals surface area contributed by atoms with E-state index in [-0.39, 0.29) is 26.3 Å². The molecule has 0 fully saturated rings. The Bertz CT molecular complexity index is 309. The third kappa shape index (κ3) is 3.88. The highest BCUT2D eigenvalue weighted by atomic mass is 16.6. The van der Waals surface area contributed by atoms with E-state index in [1.54, 1.807) is 24.3 Å². The van der Waals surface area contributed by atoms with E-state index in [0.717, 1.165) is 0 Å². The van der Waals surface area contributed by atoms with E-state index in [9.17, 15) is 4.79 Å². The number of para-hydroxylation sites is 1. The minimum Gasteiger partial charge on any atom is -0.410 e. The van der Waals surface area contributed by atoms with Gasteiger partial charge in [0.2, 0.25) is 0 Å². The largest absolute Gasteiger partial charge is 0.415 e. The van der Waals surface area contributed by atoms with Crippen molar-refractivity contribution in [2.75, 3.05) is 26.3 Å². The first-order valence-electron chi connectivity index (χ1n) is 5.01. The molecule has 1 amide bonds. The van der Waals surface area contributed by atoms with E-state index >= 15 is 0 Å². The summed E-state index contributed by atoms with van der Waals surface area (Å²) in [5.74, 6) is 0.438. The molecule has 1 rings (SSSR count). The van der Waals surface area contributed by atoms with Crippen molar-refractivity contribution in [1.29, 1.82) is 0 Å². The van der Waals surface area contributed by atoms with Crippen molar-refractivity contribution < 1.29 is 19.7 Å². The van der Waals surface area contributed by atoms with Crippen LogP contribution in [0.2, 0.25) is 0 Å². The molecule has 0 spiro atoms. The molecule has 0 aliphatic heterocycles. The molecule has 0 aromatic heterocycles. The first kappa shape index (κ1) is 12.5. The SMILES string of the molecule is O=C(Oc1ccccc1)N(CCO)CCO. The minimum atomic E-state index is -0.575. The number of amides is 1. The number of benzene rings is 1. The monoisotopic (exact) mass is 225 g/mol. The lowest BCUT2D eigenvalue weighted by Gasteiger charge is -2.19. The van der Waals surface area contributed by atoms with Crippen LogP contribution in [0.1, 0.15) is 0 Å². The van der Waals surface area contributed by atoms with Gasteiger partial charge in [-0.1, -0.05) is 18.2 Å². The molecular weight excluding hydrogens is 210 g/mol. The van der Waals surface area contributed by atoms with Crippen LogP contribution < -0.4 is 4.74 Å². The second-order valence-electron chi connectivity index (χ2n) is 3.12. The van der Waals surface area contributed by atoms with Crippen LogP contribution in [-0.2, 0) is 0 Å². The lowest BCUT2D eigenvalue weighted by molar-refractivity contribution is 0.125. The second-order valence-corrected chi connectivity index (χ2v) is 3.12. The van der Waals surface area contributed by atoms with Crippen LogP contribution in [0.3, 0.4) is 0 Å². The van der Waals surface area contributed by atoms with Crippen LogP contribution in [0.15, 0.2) is 30.3 Å². The summed E-state index contributed by atoms with van der Waals surface area (Å²) in [7, 11) is 0. The van der Waals surface area contributed by atoms with Gasteiger partial charge in [0.1, 0.15) is 5.75 Å². The highest BCUT2D eigenvalue weighted by molar-refractivity contribution is 5.70. The number of nitrogens with zero attached hydrogens (tertiary/aromatic N) is 1. The molecule has 0 unspecified atom stereocenters. The Morgan fingerprint density at radius 3 is 2.19 bits per heavy atom. The quantitative estimate of drug-likeness (QED) is 0.764. The van der Waals surface area contributed by atoms with Crippen LogP contribution >= 0.6 is 0 Å². The van der Waals surface area contributed by atoms with E-state index in [2.05, 4.69) is 0 Å². The van der Waals surface area contributed by atoms with Gasteiger partial charge in [-0.2, -0.15) is 0 Å². The Morgan fingerprint density at radius 2 is 1.69 bits per heavy atom. The molecular formula is C11H15NO4. The molecule has 0 saturated heterocycles. The van der Waals surface area contributed by atoms with Gasteiger partial charge >= 0.3 is 6.09 Å². The number of aliphatic hydroxyl groups excluding tert-OH is 2. The van der Waals surface area contributed by atoms with Crippen LogP contribution in [0.25, 0.3) is 0 Å². The number of carbonyl (C=O) groups is 1. The average Bonchev–Trinajstić information content (AvgIpc) is 2.30. The number of hydrogen-bond acceptors (Lipinski definition) is 4. The lowest BCUT2D eigenvalue weighted by Crippen LogP contribution is -2.37. The molecule has 1 aromatic carbocycles. The molecule has 0 bridgehead atoms. The molecule has 0 radical (unpaired) electrons. The first-order valence-corrected chi connectivity index (χ1v) is 5.01. The van der Waals surface area contributed by atoms with E-state index in [1.807, 2.05) is 6.07 Å². The Hall–Kier alpha value is -1.59. The third-order valence-electron chi connectivity index (χ3n) is 1.95. The number of ether oxygens (including phenoxy) is 1. The van der Waals surface area contributed by atoms with E-state index < -0.39 is 6.09 Å². The van der Waals surface area contributed by atoms with Crippen LogP contribution in [-0.4, -0.2) is 47.5 Å². The first-order chi connectivity index (χ1) is 7.77. The van der Waals surface area contributed by atoms with Gasteiger partial charge in [0.05, 0.1) is 13.2 Å². The van der Waals surface area contributed by atoms with Gasteiger partial charge in [0, 0.05) is 13.1 Å².